The first-order valence-corrected chi connectivity index (χ1v) is 6.00. The van der Waals surface area contributed by atoms with Crippen LogP contribution in [-0.2, 0) is 4.79 Å². The Hall–Kier alpha value is -1.58. The van der Waals surface area contributed by atoms with Crippen molar-refractivity contribution < 1.29 is 9.53 Å². The lowest BCUT2D eigenvalue weighted by molar-refractivity contribution is -0.123. The Balaban J connectivity index is 1.73. The van der Waals surface area contributed by atoms with Gasteiger partial charge in [-0.1, -0.05) is 0 Å². The standard InChI is InChI=1S/C13H18N2O2/c1-9-3-6-12(7-14-9)17-8-13(16)15-10(2)11-4-5-11/h3,6-7,10-11H,4-5,8H2,1-2H3,(H,15,16)/t10-/m0/s1. The smallest absolute Gasteiger partial charge is 0.258 e. The highest BCUT2D eigenvalue weighted by molar-refractivity contribution is 5.77. The molecule has 4 nitrogen and oxygen atoms in total. The van der Waals surface area contributed by atoms with Crippen molar-refractivity contribution in [2.24, 2.45) is 5.92 Å². The fourth-order valence-corrected chi connectivity index (χ4v) is 1.70. The predicted octanol–water partition coefficient (Wildman–Crippen LogP) is 1.68. The van der Waals surface area contributed by atoms with Crippen LogP contribution in [0.4, 0.5) is 0 Å². The van der Waals surface area contributed by atoms with Crippen molar-refractivity contribution in [3.05, 3.63) is 24.0 Å². The van der Waals surface area contributed by atoms with Crippen LogP contribution in [0.5, 0.6) is 5.75 Å². The summed E-state index contributed by atoms with van der Waals surface area (Å²) < 4.78 is 5.35. The van der Waals surface area contributed by atoms with Gasteiger partial charge >= 0.3 is 0 Å². The molecular weight excluding hydrogens is 216 g/mol. The summed E-state index contributed by atoms with van der Waals surface area (Å²) in [6.07, 6.45) is 4.08. The van der Waals surface area contributed by atoms with E-state index in [0.717, 1.165) is 5.69 Å². The SMILES string of the molecule is Cc1ccc(OCC(=O)N[C@@H](C)C2CC2)cn1. The van der Waals surface area contributed by atoms with Gasteiger partial charge in [-0.15, -0.1) is 0 Å². The lowest BCUT2D eigenvalue weighted by atomic mass is 10.2. The number of aromatic nitrogens is 1. The van der Waals surface area contributed by atoms with Crippen LogP contribution in [0.2, 0.25) is 0 Å². The summed E-state index contributed by atoms with van der Waals surface area (Å²) >= 11 is 0. The van der Waals surface area contributed by atoms with E-state index in [4.69, 9.17) is 4.74 Å². The second kappa shape index (κ2) is 5.17. The molecule has 17 heavy (non-hydrogen) atoms. The van der Waals surface area contributed by atoms with Crippen LogP contribution >= 0.6 is 0 Å². The molecule has 0 spiro atoms. The van der Waals surface area contributed by atoms with Crippen molar-refractivity contribution in [1.82, 2.24) is 10.3 Å². The van der Waals surface area contributed by atoms with E-state index in [0.29, 0.717) is 11.7 Å². The zero-order valence-electron chi connectivity index (χ0n) is 10.3. The molecular formula is C13H18N2O2. The summed E-state index contributed by atoms with van der Waals surface area (Å²) in [5.41, 5.74) is 0.934. The van der Waals surface area contributed by atoms with Crippen LogP contribution in [0.15, 0.2) is 18.3 Å². The number of pyridine rings is 1. The van der Waals surface area contributed by atoms with Gasteiger partial charge in [0.2, 0.25) is 0 Å². The van der Waals surface area contributed by atoms with Crippen LogP contribution in [0.3, 0.4) is 0 Å². The molecule has 1 aliphatic carbocycles. The summed E-state index contributed by atoms with van der Waals surface area (Å²) in [5.74, 6) is 1.23. The van der Waals surface area contributed by atoms with Gasteiger partial charge in [-0.05, 0) is 44.7 Å². The lowest BCUT2D eigenvalue weighted by Gasteiger charge is -2.13. The average molecular weight is 234 g/mol. The number of nitrogens with one attached hydrogen (secondary N) is 1. The summed E-state index contributed by atoms with van der Waals surface area (Å²) in [5, 5.41) is 2.94. The van der Waals surface area contributed by atoms with Crippen LogP contribution in [0.25, 0.3) is 0 Å². The first-order valence-electron chi connectivity index (χ1n) is 6.00. The van der Waals surface area contributed by atoms with Gasteiger partial charge < -0.3 is 10.1 Å². The number of rotatable bonds is 5. The van der Waals surface area contributed by atoms with Crippen molar-refractivity contribution >= 4 is 5.91 Å². The predicted molar refractivity (Wildman–Crippen MR) is 64.8 cm³/mol. The Morgan fingerprint density at radius 3 is 2.94 bits per heavy atom. The third kappa shape index (κ3) is 3.73. The first kappa shape index (κ1) is 11.9. The van der Waals surface area contributed by atoms with Gasteiger partial charge in [0.15, 0.2) is 6.61 Å². The van der Waals surface area contributed by atoms with E-state index in [-0.39, 0.29) is 18.6 Å². The first-order chi connectivity index (χ1) is 8.15. The van der Waals surface area contributed by atoms with Gasteiger partial charge in [0.05, 0.1) is 6.20 Å². The van der Waals surface area contributed by atoms with Gasteiger partial charge in [-0.3, -0.25) is 9.78 Å². The molecule has 0 aromatic carbocycles. The molecule has 1 atom stereocenters. The fraction of sp³-hybridized carbons (Fsp3) is 0.538. The number of carbonyl (C=O) groups is 1. The van der Waals surface area contributed by atoms with Crippen LogP contribution in [-0.4, -0.2) is 23.5 Å². The Morgan fingerprint density at radius 2 is 2.35 bits per heavy atom. The maximum absolute atomic E-state index is 11.6. The molecule has 1 N–H and O–H groups in total. The Bertz CT molecular complexity index is 385. The second-order valence-corrected chi connectivity index (χ2v) is 4.62. The van der Waals surface area contributed by atoms with E-state index in [9.17, 15) is 4.79 Å². The third-order valence-corrected chi connectivity index (χ3v) is 2.97. The number of aryl methyl sites for hydroxylation is 1. The van der Waals surface area contributed by atoms with Crippen molar-refractivity contribution in [2.75, 3.05) is 6.61 Å². The topological polar surface area (TPSA) is 51.2 Å². The van der Waals surface area contributed by atoms with E-state index in [1.165, 1.54) is 12.8 Å². The molecule has 2 rings (SSSR count). The molecule has 1 amide bonds. The second-order valence-electron chi connectivity index (χ2n) is 4.62. The number of hydrogen-bond acceptors (Lipinski definition) is 3. The zero-order chi connectivity index (χ0) is 12.3. The zero-order valence-corrected chi connectivity index (χ0v) is 10.3. The van der Waals surface area contributed by atoms with Crippen molar-refractivity contribution in [3.63, 3.8) is 0 Å². The number of carbonyl (C=O) groups excluding carboxylic acids is 1. The van der Waals surface area contributed by atoms with Gasteiger partial charge in [0, 0.05) is 11.7 Å². The number of nitrogens with zero attached hydrogens (tertiary/aromatic N) is 1. The van der Waals surface area contributed by atoms with Crippen LogP contribution in [0.1, 0.15) is 25.5 Å². The molecule has 1 aromatic heterocycles. The van der Waals surface area contributed by atoms with Gasteiger partial charge in [-0.25, -0.2) is 0 Å². The molecule has 1 heterocycles. The van der Waals surface area contributed by atoms with Gasteiger partial charge in [0.1, 0.15) is 5.75 Å². The minimum absolute atomic E-state index is 0.0573. The maximum Gasteiger partial charge on any atom is 0.258 e. The van der Waals surface area contributed by atoms with Crippen molar-refractivity contribution in [1.29, 1.82) is 0 Å². The molecule has 4 heteroatoms. The minimum Gasteiger partial charge on any atom is -0.482 e. The Labute approximate surface area is 101 Å². The monoisotopic (exact) mass is 234 g/mol. The Kier molecular flexibility index (Phi) is 3.61. The lowest BCUT2D eigenvalue weighted by Crippen LogP contribution is -2.37. The molecule has 92 valence electrons. The largest absolute Gasteiger partial charge is 0.482 e. The third-order valence-electron chi connectivity index (χ3n) is 2.97. The quantitative estimate of drug-likeness (QED) is 0.843. The fourth-order valence-electron chi connectivity index (χ4n) is 1.70. The number of ether oxygens (including phenoxy) is 1. The molecule has 0 unspecified atom stereocenters. The Morgan fingerprint density at radius 1 is 1.59 bits per heavy atom. The number of hydrogen-bond donors (Lipinski definition) is 1. The van der Waals surface area contributed by atoms with Crippen LogP contribution in [0, 0.1) is 12.8 Å². The number of amides is 1. The van der Waals surface area contributed by atoms with Gasteiger partial charge in [-0.2, -0.15) is 0 Å². The highest BCUT2D eigenvalue weighted by atomic mass is 16.5. The van der Waals surface area contributed by atoms with Crippen LogP contribution < -0.4 is 10.1 Å². The average Bonchev–Trinajstić information content (AvgIpc) is 3.12. The molecule has 0 bridgehead atoms. The van der Waals surface area contributed by atoms with Crippen molar-refractivity contribution in [2.45, 2.75) is 32.7 Å². The molecule has 0 aliphatic heterocycles. The van der Waals surface area contributed by atoms with E-state index in [1.807, 2.05) is 26.0 Å². The highest BCUT2D eigenvalue weighted by Gasteiger charge is 2.28. The van der Waals surface area contributed by atoms with Gasteiger partial charge in [0.25, 0.3) is 5.91 Å². The van der Waals surface area contributed by atoms with E-state index >= 15 is 0 Å². The maximum atomic E-state index is 11.6. The van der Waals surface area contributed by atoms with E-state index in [2.05, 4.69) is 10.3 Å². The summed E-state index contributed by atoms with van der Waals surface area (Å²) in [6.45, 7) is 4.01. The molecule has 1 aromatic rings. The minimum atomic E-state index is -0.0648. The molecule has 1 saturated carbocycles. The summed E-state index contributed by atoms with van der Waals surface area (Å²) in [6, 6.07) is 3.95. The molecule has 0 saturated heterocycles. The summed E-state index contributed by atoms with van der Waals surface area (Å²) in [7, 11) is 0. The summed E-state index contributed by atoms with van der Waals surface area (Å²) in [4.78, 5) is 15.7. The molecule has 1 aliphatic rings. The van der Waals surface area contributed by atoms with Crippen molar-refractivity contribution in [3.8, 4) is 5.75 Å². The van der Waals surface area contributed by atoms with E-state index < -0.39 is 0 Å². The highest BCUT2D eigenvalue weighted by Crippen LogP contribution is 2.32. The van der Waals surface area contributed by atoms with E-state index in [1.54, 1.807) is 6.20 Å². The normalized spacial score (nSPS) is 16.4. The molecule has 0 radical (unpaired) electrons. The molecule has 1 fully saturated rings.